The molecule has 0 unspecified atom stereocenters. The lowest BCUT2D eigenvalue weighted by Crippen LogP contribution is -2.21. The Hall–Kier alpha value is -4.77. The van der Waals surface area contributed by atoms with Gasteiger partial charge in [-0.15, -0.1) is 0 Å². The summed E-state index contributed by atoms with van der Waals surface area (Å²) in [6, 6.07) is 31.9. The number of nitrogens with zero attached hydrogens (tertiary/aromatic N) is 2. The van der Waals surface area contributed by atoms with Gasteiger partial charge in [0.2, 0.25) is 0 Å². The molecule has 172 valence electrons. The number of pyridine rings is 1. The van der Waals surface area contributed by atoms with Gasteiger partial charge in [0.05, 0.1) is 12.1 Å². The summed E-state index contributed by atoms with van der Waals surface area (Å²) in [5.74, 6) is 0.317. The number of rotatable bonds is 2. The molecule has 6 rings (SSSR count). The Labute approximate surface area is 203 Å². The molecule has 0 atom stereocenters. The van der Waals surface area contributed by atoms with Gasteiger partial charge in [-0.25, -0.2) is 0 Å². The van der Waals surface area contributed by atoms with E-state index in [0.717, 1.165) is 33.5 Å². The summed E-state index contributed by atoms with van der Waals surface area (Å²) < 4.78 is 0. The molecule has 4 aromatic carbocycles. The molecule has 0 amide bonds. The summed E-state index contributed by atoms with van der Waals surface area (Å²) in [5.41, 5.74) is 5.46. The summed E-state index contributed by atoms with van der Waals surface area (Å²) in [5, 5.41) is 31.0. The van der Waals surface area contributed by atoms with Crippen molar-refractivity contribution in [2.45, 2.75) is 6.54 Å². The highest BCUT2D eigenvalue weighted by Gasteiger charge is 2.23. The molecule has 3 N–H and O–H groups in total. The van der Waals surface area contributed by atoms with Crippen LogP contribution < -0.4 is 4.90 Å². The molecule has 1 aromatic heterocycles. The number of anilines is 1. The maximum absolute atomic E-state index is 10.4. The van der Waals surface area contributed by atoms with Crippen molar-refractivity contribution in [1.82, 2.24) is 4.98 Å². The fourth-order valence-corrected chi connectivity index (χ4v) is 4.16. The SMILES string of the molecule is Oc1ccc(N2C=C(c3ccccc3)c3cc(O)cc(O)c3C2)cc1.c1ccc2ncccc2c1. The van der Waals surface area contributed by atoms with Crippen LogP contribution in [0.4, 0.5) is 5.69 Å². The minimum Gasteiger partial charge on any atom is -0.508 e. The second kappa shape index (κ2) is 9.61. The predicted octanol–water partition coefficient (Wildman–Crippen LogP) is 6.45. The summed E-state index contributed by atoms with van der Waals surface area (Å²) in [4.78, 5) is 6.20. The van der Waals surface area contributed by atoms with E-state index >= 15 is 0 Å². The molecule has 5 aromatic rings. The number of phenols is 3. The molecule has 1 aliphatic heterocycles. The molecule has 2 heterocycles. The lowest BCUT2D eigenvalue weighted by molar-refractivity contribution is 0.445. The Kier molecular flexibility index (Phi) is 6.05. The molecule has 0 saturated heterocycles. The summed E-state index contributed by atoms with van der Waals surface area (Å²) in [7, 11) is 0. The van der Waals surface area contributed by atoms with Crippen molar-refractivity contribution in [2.24, 2.45) is 0 Å². The van der Waals surface area contributed by atoms with Crippen LogP contribution in [0.5, 0.6) is 17.2 Å². The van der Waals surface area contributed by atoms with Crippen LogP contribution in [-0.4, -0.2) is 20.3 Å². The molecule has 0 saturated carbocycles. The first-order valence-corrected chi connectivity index (χ1v) is 11.3. The Balaban J connectivity index is 0.000000211. The van der Waals surface area contributed by atoms with E-state index in [-0.39, 0.29) is 17.2 Å². The van der Waals surface area contributed by atoms with Crippen LogP contribution in [0.15, 0.2) is 116 Å². The number of fused-ring (bicyclic) bond motifs is 2. The summed E-state index contributed by atoms with van der Waals surface area (Å²) >= 11 is 0. The Morgan fingerprint density at radius 1 is 0.686 bits per heavy atom. The van der Waals surface area contributed by atoms with Gasteiger partial charge in [-0.1, -0.05) is 54.6 Å². The maximum atomic E-state index is 10.4. The lowest BCUT2D eigenvalue weighted by Gasteiger charge is -2.30. The van der Waals surface area contributed by atoms with Crippen LogP contribution in [0.25, 0.3) is 16.5 Å². The zero-order chi connectivity index (χ0) is 24.2. The van der Waals surface area contributed by atoms with Crippen LogP contribution in [0.3, 0.4) is 0 Å². The van der Waals surface area contributed by atoms with Gasteiger partial charge in [0.25, 0.3) is 0 Å². The predicted molar refractivity (Wildman–Crippen MR) is 139 cm³/mol. The molecule has 0 aliphatic carbocycles. The van der Waals surface area contributed by atoms with Gasteiger partial charge in [0, 0.05) is 40.7 Å². The first-order chi connectivity index (χ1) is 17.1. The smallest absolute Gasteiger partial charge is 0.124 e. The number of aromatic hydroxyl groups is 3. The van der Waals surface area contributed by atoms with Crippen molar-refractivity contribution in [3.63, 3.8) is 0 Å². The van der Waals surface area contributed by atoms with Crippen molar-refractivity contribution in [2.75, 3.05) is 4.90 Å². The molecule has 0 spiro atoms. The quantitative estimate of drug-likeness (QED) is 0.282. The summed E-state index contributed by atoms with van der Waals surface area (Å²) in [6.07, 6.45) is 3.81. The van der Waals surface area contributed by atoms with Gasteiger partial charge in [0.1, 0.15) is 17.2 Å². The first-order valence-electron chi connectivity index (χ1n) is 11.3. The van der Waals surface area contributed by atoms with E-state index in [2.05, 4.69) is 17.1 Å². The van der Waals surface area contributed by atoms with E-state index in [1.54, 1.807) is 18.2 Å². The number of hydrogen-bond acceptors (Lipinski definition) is 5. The molecule has 0 bridgehead atoms. The van der Waals surface area contributed by atoms with Crippen molar-refractivity contribution >= 4 is 22.2 Å². The van der Waals surface area contributed by atoms with E-state index in [1.165, 1.54) is 11.5 Å². The second-order valence-corrected chi connectivity index (χ2v) is 8.24. The monoisotopic (exact) mass is 460 g/mol. The van der Waals surface area contributed by atoms with E-state index < -0.39 is 0 Å². The van der Waals surface area contributed by atoms with Crippen molar-refractivity contribution < 1.29 is 15.3 Å². The third kappa shape index (κ3) is 4.80. The van der Waals surface area contributed by atoms with Gasteiger partial charge in [-0.2, -0.15) is 0 Å². The van der Waals surface area contributed by atoms with Crippen LogP contribution in [0.2, 0.25) is 0 Å². The second-order valence-electron chi connectivity index (χ2n) is 8.24. The van der Waals surface area contributed by atoms with E-state index in [9.17, 15) is 15.3 Å². The average Bonchev–Trinajstić information content (AvgIpc) is 2.90. The van der Waals surface area contributed by atoms with Gasteiger partial charge in [0.15, 0.2) is 0 Å². The highest BCUT2D eigenvalue weighted by Crippen LogP contribution is 2.40. The number of hydrogen-bond donors (Lipinski definition) is 3. The Bertz CT molecular complexity index is 1430. The zero-order valence-electron chi connectivity index (χ0n) is 18.9. The minimum absolute atomic E-state index is 0.0381. The molecular formula is C30H24N2O3. The first kappa shape index (κ1) is 22.0. The van der Waals surface area contributed by atoms with E-state index in [4.69, 9.17) is 0 Å². The van der Waals surface area contributed by atoms with Crippen LogP contribution in [0.1, 0.15) is 16.7 Å². The van der Waals surface area contributed by atoms with Crippen molar-refractivity contribution in [3.8, 4) is 17.2 Å². The van der Waals surface area contributed by atoms with Crippen molar-refractivity contribution in [3.05, 3.63) is 132 Å². The topological polar surface area (TPSA) is 76.8 Å². The summed E-state index contributed by atoms with van der Waals surface area (Å²) in [6.45, 7) is 0.475. The molecule has 1 aliphatic rings. The largest absolute Gasteiger partial charge is 0.508 e. The maximum Gasteiger partial charge on any atom is 0.124 e. The van der Waals surface area contributed by atoms with Gasteiger partial charge in [-0.3, -0.25) is 4.98 Å². The molecule has 5 heteroatoms. The van der Waals surface area contributed by atoms with Gasteiger partial charge >= 0.3 is 0 Å². The van der Waals surface area contributed by atoms with Crippen LogP contribution >= 0.6 is 0 Å². The lowest BCUT2D eigenvalue weighted by atomic mass is 9.90. The number of aromatic nitrogens is 1. The molecule has 5 nitrogen and oxygen atoms in total. The average molecular weight is 461 g/mol. The highest BCUT2D eigenvalue weighted by atomic mass is 16.3. The van der Waals surface area contributed by atoms with Crippen LogP contribution in [-0.2, 0) is 6.54 Å². The normalized spacial score (nSPS) is 12.3. The van der Waals surface area contributed by atoms with Gasteiger partial charge in [-0.05, 0) is 53.6 Å². The zero-order valence-corrected chi connectivity index (χ0v) is 18.9. The number of phenolic OH excluding ortho intramolecular Hbond substituents is 3. The van der Waals surface area contributed by atoms with E-state index in [1.807, 2.05) is 84.0 Å². The molecule has 0 radical (unpaired) electrons. The number of benzene rings is 4. The highest BCUT2D eigenvalue weighted by molar-refractivity contribution is 5.86. The Morgan fingerprint density at radius 2 is 1.40 bits per heavy atom. The molecule has 35 heavy (non-hydrogen) atoms. The molecular weight excluding hydrogens is 436 g/mol. The van der Waals surface area contributed by atoms with Crippen molar-refractivity contribution in [1.29, 1.82) is 0 Å². The van der Waals surface area contributed by atoms with E-state index in [0.29, 0.717) is 6.54 Å². The number of para-hydroxylation sites is 1. The minimum atomic E-state index is 0.0381. The standard InChI is InChI=1S/C21H17NO3.C9H7N/c23-16-8-6-15(7-9-16)22-12-19(14-4-2-1-3-5-14)18-10-17(24)11-21(25)20(18)13-22;1-2-6-9-8(4-1)5-3-7-10-9/h1-12,23-25H,13H2;1-7H. The van der Waals surface area contributed by atoms with Crippen LogP contribution in [0, 0.1) is 0 Å². The fraction of sp³-hybridized carbons (Fsp3) is 0.0333. The Morgan fingerprint density at radius 3 is 2.17 bits per heavy atom. The third-order valence-corrected chi connectivity index (χ3v) is 5.89. The fourth-order valence-electron chi connectivity index (χ4n) is 4.16. The van der Waals surface area contributed by atoms with Gasteiger partial charge < -0.3 is 20.2 Å². The third-order valence-electron chi connectivity index (χ3n) is 5.89. The molecule has 0 fully saturated rings.